The van der Waals surface area contributed by atoms with E-state index in [4.69, 9.17) is 18.9 Å². The molecule has 0 saturated heterocycles. The maximum Gasteiger partial charge on any atom is 0.164 e. The van der Waals surface area contributed by atoms with E-state index in [2.05, 4.69) is 22.8 Å². The molecule has 198 valence electrons. The highest BCUT2D eigenvalue weighted by atomic mass is 16.5. The zero-order chi connectivity index (χ0) is 26.8. The number of hydrogen-bond donors (Lipinski definition) is 2. The summed E-state index contributed by atoms with van der Waals surface area (Å²) in [5.74, 6) is 2.73. The van der Waals surface area contributed by atoms with E-state index < -0.39 is 6.04 Å². The number of allylic oxidation sites excluding steroid dienone is 1. The predicted molar refractivity (Wildman–Crippen MR) is 149 cm³/mol. The molecule has 0 aromatic heterocycles. The van der Waals surface area contributed by atoms with Crippen LogP contribution in [0.1, 0.15) is 49.8 Å². The van der Waals surface area contributed by atoms with Crippen LogP contribution in [0.25, 0.3) is 0 Å². The van der Waals surface area contributed by atoms with E-state index >= 15 is 0 Å². The highest BCUT2D eigenvalue weighted by Gasteiger charge is 2.37. The van der Waals surface area contributed by atoms with Crippen LogP contribution in [0, 0.1) is 0 Å². The van der Waals surface area contributed by atoms with Crippen LogP contribution in [0.2, 0.25) is 0 Å². The van der Waals surface area contributed by atoms with E-state index in [0.29, 0.717) is 35.7 Å². The van der Waals surface area contributed by atoms with Crippen molar-refractivity contribution in [2.24, 2.45) is 0 Å². The fraction of sp³-hybridized carbons (Fsp3) is 0.323. The van der Waals surface area contributed by atoms with Crippen molar-refractivity contribution in [3.63, 3.8) is 0 Å². The number of rotatable bonds is 7. The predicted octanol–water partition coefficient (Wildman–Crippen LogP) is 6.48. The Bertz CT molecular complexity index is 1360. The Balaban J connectivity index is 1.59. The molecule has 3 aromatic carbocycles. The van der Waals surface area contributed by atoms with Gasteiger partial charge in [0.1, 0.15) is 11.5 Å². The molecule has 38 heavy (non-hydrogen) atoms. The smallest absolute Gasteiger partial charge is 0.164 e. The molecule has 0 saturated carbocycles. The molecule has 0 fully saturated rings. The summed E-state index contributed by atoms with van der Waals surface area (Å²) in [5.41, 5.74) is 5.38. The largest absolute Gasteiger partial charge is 0.496 e. The lowest BCUT2D eigenvalue weighted by Crippen LogP contribution is -2.27. The molecule has 0 radical (unpaired) electrons. The van der Waals surface area contributed by atoms with Crippen molar-refractivity contribution in [2.75, 3.05) is 32.0 Å². The number of para-hydroxylation sites is 2. The number of ether oxygens (including phenoxy) is 4. The monoisotopic (exact) mass is 514 g/mol. The van der Waals surface area contributed by atoms with Gasteiger partial charge in [-0.25, -0.2) is 0 Å². The Labute approximate surface area is 223 Å². The Kier molecular flexibility index (Phi) is 7.18. The van der Waals surface area contributed by atoms with Crippen LogP contribution in [0.4, 0.5) is 11.4 Å². The molecule has 3 aromatic rings. The molecule has 2 atom stereocenters. The first-order chi connectivity index (χ1) is 18.4. The number of ketones is 1. The average molecular weight is 515 g/mol. The number of hydrogen-bond acceptors (Lipinski definition) is 7. The molecular weight excluding hydrogens is 480 g/mol. The minimum absolute atomic E-state index is 0.0556. The van der Waals surface area contributed by atoms with E-state index in [9.17, 15) is 4.79 Å². The van der Waals surface area contributed by atoms with E-state index in [0.717, 1.165) is 33.9 Å². The van der Waals surface area contributed by atoms with Gasteiger partial charge >= 0.3 is 0 Å². The van der Waals surface area contributed by atoms with E-state index in [1.165, 1.54) is 0 Å². The summed E-state index contributed by atoms with van der Waals surface area (Å²) in [6.45, 7) is 4.02. The summed E-state index contributed by atoms with van der Waals surface area (Å²) in [6.07, 6.45) is 1.22. The van der Waals surface area contributed by atoms with Crippen molar-refractivity contribution in [1.82, 2.24) is 0 Å². The molecule has 0 spiro atoms. The summed E-state index contributed by atoms with van der Waals surface area (Å²) in [7, 11) is 4.81. The lowest BCUT2D eigenvalue weighted by molar-refractivity contribution is -0.116. The summed E-state index contributed by atoms with van der Waals surface area (Å²) >= 11 is 0. The number of nitrogens with one attached hydrogen (secondary N) is 2. The van der Waals surface area contributed by atoms with Crippen molar-refractivity contribution in [1.29, 1.82) is 0 Å². The van der Waals surface area contributed by atoms with Gasteiger partial charge in [0, 0.05) is 29.3 Å². The second kappa shape index (κ2) is 10.7. The van der Waals surface area contributed by atoms with E-state index in [1.54, 1.807) is 27.4 Å². The number of methoxy groups -OCH3 is 3. The van der Waals surface area contributed by atoms with Crippen LogP contribution < -0.4 is 29.6 Å². The van der Waals surface area contributed by atoms with Crippen molar-refractivity contribution < 1.29 is 23.7 Å². The number of benzene rings is 3. The van der Waals surface area contributed by atoms with Gasteiger partial charge in [0.15, 0.2) is 17.3 Å². The first-order valence-electron chi connectivity index (χ1n) is 12.9. The van der Waals surface area contributed by atoms with Crippen LogP contribution in [0.3, 0.4) is 0 Å². The number of anilines is 2. The van der Waals surface area contributed by atoms with E-state index in [1.807, 2.05) is 56.3 Å². The van der Waals surface area contributed by atoms with Crippen LogP contribution in [-0.2, 0) is 4.79 Å². The quantitative estimate of drug-likeness (QED) is 0.374. The summed E-state index contributed by atoms with van der Waals surface area (Å²) in [6, 6.07) is 19.4. The van der Waals surface area contributed by atoms with Crippen molar-refractivity contribution in [3.8, 4) is 23.0 Å². The van der Waals surface area contributed by atoms with Gasteiger partial charge in [-0.05, 0) is 62.1 Å². The molecule has 7 nitrogen and oxygen atoms in total. The van der Waals surface area contributed by atoms with Crippen LogP contribution in [0.15, 0.2) is 71.9 Å². The number of carbonyl (C=O) groups excluding carboxylic acids is 1. The molecule has 0 amide bonds. The molecule has 0 bridgehead atoms. The van der Waals surface area contributed by atoms with Crippen LogP contribution >= 0.6 is 0 Å². The molecular formula is C31H34N2O5. The van der Waals surface area contributed by atoms with Gasteiger partial charge in [0.2, 0.25) is 0 Å². The van der Waals surface area contributed by atoms with Gasteiger partial charge in [-0.3, -0.25) is 4.79 Å². The fourth-order valence-corrected chi connectivity index (χ4v) is 5.33. The number of Topliss-reactive ketones (excluding diaryl/α,β-unsaturated/α-hetero) is 1. The molecule has 1 aliphatic carbocycles. The molecule has 2 unspecified atom stereocenters. The highest BCUT2D eigenvalue weighted by molar-refractivity contribution is 6.01. The third-order valence-corrected chi connectivity index (χ3v) is 7.08. The van der Waals surface area contributed by atoms with Gasteiger partial charge in [-0.15, -0.1) is 0 Å². The SMILES string of the molecule is COc1cc(OC)c(C2Nc3ccccc3NC3=C2C(=O)CC(c2ccc(OC(C)C)cc2)C3)cc1OC. The van der Waals surface area contributed by atoms with Gasteiger partial charge in [-0.1, -0.05) is 24.3 Å². The molecule has 2 aliphatic rings. The molecule has 1 heterocycles. The molecule has 1 aliphatic heterocycles. The van der Waals surface area contributed by atoms with Crippen LogP contribution in [-0.4, -0.2) is 33.2 Å². The Hall–Kier alpha value is -4.13. The Morgan fingerprint density at radius 3 is 2.13 bits per heavy atom. The second-order valence-electron chi connectivity index (χ2n) is 9.85. The topological polar surface area (TPSA) is 78.1 Å². The fourth-order valence-electron chi connectivity index (χ4n) is 5.33. The lowest BCUT2D eigenvalue weighted by atomic mass is 9.78. The molecule has 5 rings (SSSR count). The molecule has 7 heteroatoms. The van der Waals surface area contributed by atoms with Gasteiger partial charge in [-0.2, -0.15) is 0 Å². The average Bonchev–Trinajstić information content (AvgIpc) is 3.09. The minimum Gasteiger partial charge on any atom is -0.496 e. The summed E-state index contributed by atoms with van der Waals surface area (Å²) in [5, 5.41) is 7.21. The van der Waals surface area contributed by atoms with Crippen molar-refractivity contribution in [2.45, 2.75) is 44.8 Å². The minimum atomic E-state index is -0.439. The van der Waals surface area contributed by atoms with Gasteiger partial charge in [0.05, 0.1) is 44.8 Å². The standard InChI is InChI=1S/C31H34N2O5/c1-18(2)38-21-12-10-19(11-13-21)20-14-25-30(26(34)15-20)31(33-24-9-7-6-8-23(24)32-25)22-16-28(36-4)29(37-5)17-27(22)35-3/h6-13,16-18,20,31-33H,14-15H2,1-5H3. The van der Waals surface area contributed by atoms with Crippen LogP contribution in [0.5, 0.6) is 23.0 Å². The number of fused-ring (bicyclic) bond motifs is 1. The Morgan fingerprint density at radius 1 is 0.816 bits per heavy atom. The Morgan fingerprint density at radius 2 is 1.47 bits per heavy atom. The summed E-state index contributed by atoms with van der Waals surface area (Å²) < 4.78 is 22.7. The van der Waals surface area contributed by atoms with Crippen molar-refractivity contribution >= 4 is 17.2 Å². The number of carbonyl (C=O) groups is 1. The lowest BCUT2D eigenvalue weighted by Gasteiger charge is -2.30. The van der Waals surface area contributed by atoms with Gasteiger partial charge < -0.3 is 29.6 Å². The van der Waals surface area contributed by atoms with Gasteiger partial charge in [0.25, 0.3) is 0 Å². The third kappa shape index (κ3) is 4.88. The maximum atomic E-state index is 13.9. The van der Waals surface area contributed by atoms with E-state index in [-0.39, 0.29) is 17.8 Å². The first kappa shape index (κ1) is 25.5. The first-order valence-corrected chi connectivity index (χ1v) is 12.9. The molecule has 2 N–H and O–H groups in total. The zero-order valence-corrected chi connectivity index (χ0v) is 22.5. The maximum absolute atomic E-state index is 13.9. The normalized spacial score (nSPS) is 18.5. The van der Waals surface area contributed by atoms with Crippen molar-refractivity contribution in [3.05, 3.63) is 83.1 Å². The highest BCUT2D eigenvalue weighted by Crippen LogP contribution is 2.47. The zero-order valence-electron chi connectivity index (χ0n) is 22.5. The second-order valence-corrected chi connectivity index (χ2v) is 9.85. The third-order valence-electron chi connectivity index (χ3n) is 7.08. The summed E-state index contributed by atoms with van der Waals surface area (Å²) in [4.78, 5) is 13.9.